The molecule has 6 nitrogen and oxygen atoms in total. The summed E-state index contributed by atoms with van der Waals surface area (Å²) in [5.41, 5.74) is 5.65. The third kappa shape index (κ3) is 2.14. The third-order valence-electron chi connectivity index (χ3n) is 4.87. The van der Waals surface area contributed by atoms with Crippen LogP contribution in [-0.2, 0) is 9.53 Å². The second-order valence-electron chi connectivity index (χ2n) is 6.36. The molecule has 1 saturated carbocycles. The highest BCUT2D eigenvalue weighted by atomic mass is 16.7. The zero-order valence-electron chi connectivity index (χ0n) is 13.1. The molecule has 1 aliphatic carbocycles. The quantitative estimate of drug-likeness (QED) is 0.887. The number of anilines is 1. The highest BCUT2D eigenvalue weighted by Crippen LogP contribution is 2.50. The van der Waals surface area contributed by atoms with Gasteiger partial charge in [-0.05, 0) is 19.1 Å². The van der Waals surface area contributed by atoms with E-state index < -0.39 is 11.0 Å². The Labute approximate surface area is 129 Å². The van der Waals surface area contributed by atoms with Crippen LogP contribution in [-0.4, -0.2) is 30.9 Å². The Morgan fingerprint density at radius 2 is 2.14 bits per heavy atom. The Balaban J connectivity index is 1.72. The van der Waals surface area contributed by atoms with E-state index in [1.54, 1.807) is 18.2 Å². The maximum Gasteiger partial charge on any atom is 0.245 e. The van der Waals surface area contributed by atoms with Crippen molar-refractivity contribution in [2.45, 2.75) is 38.8 Å². The van der Waals surface area contributed by atoms with Crippen molar-refractivity contribution in [1.29, 1.82) is 0 Å². The first-order chi connectivity index (χ1) is 10.4. The lowest BCUT2D eigenvalue weighted by Crippen LogP contribution is -2.74. The summed E-state index contributed by atoms with van der Waals surface area (Å²) < 4.78 is 16.2. The number of nitrogens with two attached hydrogens (primary N) is 1. The summed E-state index contributed by atoms with van der Waals surface area (Å²) in [5, 5.41) is 2.88. The first-order valence-corrected chi connectivity index (χ1v) is 7.50. The van der Waals surface area contributed by atoms with E-state index in [1.807, 2.05) is 20.8 Å². The van der Waals surface area contributed by atoms with Crippen LogP contribution >= 0.6 is 0 Å². The molecule has 3 N–H and O–H groups in total. The van der Waals surface area contributed by atoms with E-state index in [2.05, 4.69) is 5.32 Å². The Bertz CT molecular complexity index is 602. The molecule has 6 heteroatoms. The second kappa shape index (κ2) is 5.14. The molecule has 1 amide bonds. The number of amides is 1. The van der Waals surface area contributed by atoms with E-state index in [1.165, 1.54) is 0 Å². The topological polar surface area (TPSA) is 82.8 Å². The smallest absolute Gasteiger partial charge is 0.245 e. The van der Waals surface area contributed by atoms with Gasteiger partial charge in [0.15, 0.2) is 11.5 Å². The van der Waals surface area contributed by atoms with E-state index in [-0.39, 0.29) is 18.8 Å². The van der Waals surface area contributed by atoms with Crippen molar-refractivity contribution in [2.24, 2.45) is 11.1 Å². The largest absolute Gasteiger partial charge is 0.454 e. The third-order valence-corrected chi connectivity index (χ3v) is 4.87. The summed E-state index contributed by atoms with van der Waals surface area (Å²) >= 11 is 0. The molecule has 0 saturated heterocycles. The van der Waals surface area contributed by atoms with Crippen molar-refractivity contribution in [3.8, 4) is 11.5 Å². The summed E-state index contributed by atoms with van der Waals surface area (Å²) in [6.07, 6.45) is 0.523. The first kappa shape index (κ1) is 15.1. The molecule has 1 heterocycles. The van der Waals surface area contributed by atoms with Gasteiger partial charge in [0.1, 0.15) is 5.54 Å². The minimum Gasteiger partial charge on any atom is -0.454 e. The highest BCUT2D eigenvalue weighted by molar-refractivity contribution is 6.00. The monoisotopic (exact) mass is 306 g/mol. The number of hydrogen-bond donors (Lipinski definition) is 2. The van der Waals surface area contributed by atoms with Gasteiger partial charge in [-0.25, -0.2) is 0 Å². The molecule has 2 unspecified atom stereocenters. The van der Waals surface area contributed by atoms with Crippen LogP contribution in [0.4, 0.5) is 5.69 Å². The number of carbonyl (C=O) groups excluding carboxylic acids is 1. The molecule has 2 aliphatic rings. The molecule has 22 heavy (non-hydrogen) atoms. The fraction of sp³-hybridized carbons (Fsp3) is 0.562. The predicted molar refractivity (Wildman–Crippen MR) is 81.9 cm³/mol. The van der Waals surface area contributed by atoms with Crippen molar-refractivity contribution in [2.75, 3.05) is 18.7 Å². The molecule has 1 aromatic carbocycles. The normalized spacial score (nSPS) is 28.1. The molecule has 3 rings (SSSR count). The molecule has 120 valence electrons. The second-order valence-corrected chi connectivity index (χ2v) is 6.36. The van der Waals surface area contributed by atoms with Crippen molar-refractivity contribution >= 4 is 11.6 Å². The molecule has 1 aliphatic heterocycles. The zero-order valence-corrected chi connectivity index (χ0v) is 13.1. The van der Waals surface area contributed by atoms with Crippen LogP contribution < -0.4 is 20.5 Å². The number of nitrogens with one attached hydrogen (secondary N) is 1. The van der Waals surface area contributed by atoms with E-state index >= 15 is 0 Å². The number of fused-ring (bicyclic) bond motifs is 1. The zero-order chi connectivity index (χ0) is 16.0. The summed E-state index contributed by atoms with van der Waals surface area (Å²) in [4.78, 5) is 12.6. The summed E-state index contributed by atoms with van der Waals surface area (Å²) in [5.74, 6) is 1.11. The molecular weight excluding hydrogens is 284 g/mol. The van der Waals surface area contributed by atoms with Crippen LogP contribution in [0, 0.1) is 5.41 Å². The summed E-state index contributed by atoms with van der Waals surface area (Å²) in [6.45, 7) is 6.70. The van der Waals surface area contributed by atoms with Gasteiger partial charge < -0.3 is 25.3 Å². The standard InChI is InChI=1S/C16H22N2O4/c1-4-20-13-8-16(17,15(13,2)3)14(19)18-10-5-6-11-12(7-10)22-9-21-11/h5-7,13H,4,8-9,17H2,1-3H3,(H,18,19). The van der Waals surface area contributed by atoms with Gasteiger partial charge in [-0.15, -0.1) is 0 Å². The molecule has 0 bridgehead atoms. The van der Waals surface area contributed by atoms with Gasteiger partial charge in [0, 0.05) is 30.2 Å². The van der Waals surface area contributed by atoms with Crippen molar-refractivity contribution < 1.29 is 19.0 Å². The minimum atomic E-state index is -0.941. The average Bonchev–Trinajstić information content (AvgIpc) is 2.94. The minimum absolute atomic E-state index is 0.00463. The van der Waals surface area contributed by atoms with Gasteiger partial charge >= 0.3 is 0 Å². The van der Waals surface area contributed by atoms with Crippen LogP contribution in [0.25, 0.3) is 0 Å². The molecule has 1 fully saturated rings. The average molecular weight is 306 g/mol. The number of ether oxygens (including phenoxy) is 3. The fourth-order valence-corrected chi connectivity index (χ4v) is 3.04. The summed E-state index contributed by atoms with van der Waals surface area (Å²) in [6, 6.07) is 5.30. The maximum atomic E-state index is 12.6. The van der Waals surface area contributed by atoms with Crippen molar-refractivity contribution in [3.63, 3.8) is 0 Å². The molecule has 0 aromatic heterocycles. The van der Waals surface area contributed by atoms with Crippen LogP contribution in [0.15, 0.2) is 18.2 Å². The molecule has 0 spiro atoms. The SMILES string of the molecule is CCOC1CC(N)(C(=O)Nc2ccc3c(c2)OCO3)C1(C)C. The van der Waals surface area contributed by atoms with Crippen molar-refractivity contribution in [3.05, 3.63) is 18.2 Å². The van der Waals surface area contributed by atoms with Gasteiger partial charge in [-0.2, -0.15) is 0 Å². The van der Waals surface area contributed by atoms with Crippen LogP contribution in [0.1, 0.15) is 27.2 Å². The Kier molecular flexibility index (Phi) is 3.53. The first-order valence-electron chi connectivity index (χ1n) is 7.50. The maximum absolute atomic E-state index is 12.6. The molecular formula is C16H22N2O4. The van der Waals surface area contributed by atoms with E-state index in [9.17, 15) is 4.79 Å². The van der Waals surface area contributed by atoms with Crippen LogP contribution in [0.2, 0.25) is 0 Å². The van der Waals surface area contributed by atoms with Crippen LogP contribution in [0.5, 0.6) is 11.5 Å². The van der Waals surface area contributed by atoms with E-state index in [4.69, 9.17) is 19.9 Å². The number of benzene rings is 1. The number of carbonyl (C=O) groups is 1. The number of hydrogen-bond acceptors (Lipinski definition) is 5. The lowest BCUT2D eigenvalue weighted by atomic mass is 9.54. The van der Waals surface area contributed by atoms with Gasteiger partial charge in [-0.1, -0.05) is 13.8 Å². The number of rotatable bonds is 4. The fourth-order valence-electron chi connectivity index (χ4n) is 3.04. The molecule has 0 radical (unpaired) electrons. The van der Waals surface area contributed by atoms with Gasteiger partial charge in [0.25, 0.3) is 0 Å². The Morgan fingerprint density at radius 3 is 2.82 bits per heavy atom. The predicted octanol–water partition coefficient (Wildman–Crippen LogP) is 1.89. The Morgan fingerprint density at radius 1 is 1.41 bits per heavy atom. The van der Waals surface area contributed by atoms with E-state index in [0.29, 0.717) is 30.2 Å². The lowest BCUT2D eigenvalue weighted by molar-refractivity contribution is -0.166. The van der Waals surface area contributed by atoms with Gasteiger partial charge in [0.05, 0.1) is 6.10 Å². The molecule has 2 atom stereocenters. The summed E-state index contributed by atoms with van der Waals surface area (Å²) in [7, 11) is 0. The lowest BCUT2D eigenvalue weighted by Gasteiger charge is -2.57. The molecule has 1 aromatic rings. The van der Waals surface area contributed by atoms with Crippen molar-refractivity contribution in [1.82, 2.24) is 0 Å². The Hall–Kier alpha value is -1.79. The van der Waals surface area contributed by atoms with Gasteiger partial charge in [-0.3, -0.25) is 4.79 Å². The van der Waals surface area contributed by atoms with E-state index in [0.717, 1.165) is 0 Å². The highest BCUT2D eigenvalue weighted by Gasteiger charge is 2.62. The van der Waals surface area contributed by atoms with Gasteiger partial charge in [0.2, 0.25) is 12.7 Å². The van der Waals surface area contributed by atoms with Crippen LogP contribution in [0.3, 0.4) is 0 Å².